The number of anilines is 1. The van der Waals surface area contributed by atoms with Crippen molar-refractivity contribution in [2.24, 2.45) is 0 Å². The number of hydrogen-bond donors (Lipinski definition) is 1. The van der Waals surface area contributed by atoms with Crippen LogP contribution in [0.25, 0.3) is 16.0 Å². The maximum Gasteiger partial charge on any atom is 0.299 e. The van der Waals surface area contributed by atoms with Gasteiger partial charge in [0.25, 0.3) is 5.56 Å². The predicted molar refractivity (Wildman–Crippen MR) is 102 cm³/mol. The normalized spacial score (nSPS) is 11.4. The predicted octanol–water partition coefficient (Wildman–Crippen LogP) is 2.81. The SMILES string of the molecule is Cc1nn2c(=O)c3c(cc(C)n3CC(=O)Nc3ccc(C)c(F)c3)nc2s1. The largest absolute Gasteiger partial charge is 0.330 e. The average molecular weight is 385 g/mol. The van der Waals surface area contributed by atoms with E-state index in [-0.39, 0.29) is 23.8 Å². The number of benzene rings is 1. The van der Waals surface area contributed by atoms with Crippen molar-refractivity contribution in [1.29, 1.82) is 0 Å². The molecule has 0 unspecified atom stereocenters. The molecule has 0 spiro atoms. The van der Waals surface area contributed by atoms with E-state index in [1.165, 1.54) is 21.9 Å². The lowest BCUT2D eigenvalue weighted by Gasteiger charge is -2.09. The first-order chi connectivity index (χ1) is 12.8. The van der Waals surface area contributed by atoms with Gasteiger partial charge in [0.15, 0.2) is 0 Å². The van der Waals surface area contributed by atoms with Crippen LogP contribution in [0.4, 0.5) is 10.1 Å². The van der Waals surface area contributed by atoms with Gasteiger partial charge in [-0.05, 0) is 44.5 Å². The minimum Gasteiger partial charge on any atom is -0.330 e. The van der Waals surface area contributed by atoms with Gasteiger partial charge in [-0.1, -0.05) is 17.4 Å². The minimum atomic E-state index is -0.390. The topological polar surface area (TPSA) is 81.3 Å². The van der Waals surface area contributed by atoms with Gasteiger partial charge in [0.1, 0.15) is 22.9 Å². The molecule has 0 fully saturated rings. The highest BCUT2D eigenvalue weighted by atomic mass is 32.1. The summed E-state index contributed by atoms with van der Waals surface area (Å²) in [5, 5.41) is 7.57. The number of hydrogen-bond acceptors (Lipinski definition) is 5. The molecule has 3 heterocycles. The number of fused-ring (bicyclic) bond motifs is 2. The van der Waals surface area contributed by atoms with E-state index in [2.05, 4.69) is 15.4 Å². The van der Waals surface area contributed by atoms with Gasteiger partial charge < -0.3 is 9.88 Å². The van der Waals surface area contributed by atoms with Crippen molar-refractivity contribution in [2.45, 2.75) is 27.3 Å². The molecule has 4 rings (SSSR count). The Hall–Kier alpha value is -3.07. The van der Waals surface area contributed by atoms with Gasteiger partial charge in [-0.15, -0.1) is 0 Å². The van der Waals surface area contributed by atoms with E-state index in [4.69, 9.17) is 0 Å². The third-order valence-electron chi connectivity index (χ3n) is 4.31. The number of aromatic nitrogens is 4. The fraction of sp³-hybridized carbons (Fsp3) is 0.222. The number of nitrogens with one attached hydrogen (secondary N) is 1. The van der Waals surface area contributed by atoms with Crippen LogP contribution in [0.2, 0.25) is 0 Å². The van der Waals surface area contributed by atoms with Crippen LogP contribution in [-0.2, 0) is 11.3 Å². The van der Waals surface area contributed by atoms with Crippen LogP contribution in [0.3, 0.4) is 0 Å². The van der Waals surface area contributed by atoms with Crippen molar-refractivity contribution in [3.8, 4) is 0 Å². The van der Waals surface area contributed by atoms with Crippen LogP contribution < -0.4 is 10.9 Å². The molecule has 0 aliphatic heterocycles. The number of rotatable bonds is 3. The Morgan fingerprint density at radius 2 is 2.04 bits per heavy atom. The van der Waals surface area contributed by atoms with Gasteiger partial charge in [-0.3, -0.25) is 9.59 Å². The summed E-state index contributed by atoms with van der Waals surface area (Å²) in [6.45, 7) is 5.17. The molecule has 0 saturated carbocycles. The molecular weight excluding hydrogens is 369 g/mol. The second-order valence-electron chi connectivity index (χ2n) is 6.35. The maximum absolute atomic E-state index is 13.7. The summed E-state index contributed by atoms with van der Waals surface area (Å²) in [7, 11) is 0. The third kappa shape index (κ3) is 2.99. The molecule has 9 heteroatoms. The lowest BCUT2D eigenvalue weighted by molar-refractivity contribution is -0.116. The van der Waals surface area contributed by atoms with E-state index in [0.29, 0.717) is 27.2 Å². The van der Waals surface area contributed by atoms with E-state index in [9.17, 15) is 14.0 Å². The van der Waals surface area contributed by atoms with Crippen molar-refractivity contribution in [3.63, 3.8) is 0 Å². The van der Waals surface area contributed by atoms with Crippen molar-refractivity contribution >= 4 is 38.9 Å². The lowest BCUT2D eigenvalue weighted by Crippen LogP contribution is -2.23. The Morgan fingerprint density at radius 3 is 2.78 bits per heavy atom. The second-order valence-corrected chi connectivity index (χ2v) is 7.51. The van der Waals surface area contributed by atoms with Gasteiger partial charge in [0.05, 0.1) is 5.52 Å². The molecular formula is C18H16FN5O2S. The van der Waals surface area contributed by atoms with Crippen molar-refractivity contribution < 1.29 is 9.18 Å². The molecule has 1 amide bonds. The van der Waals surface area contributed by atoms with Gasteiger partial charge >= 0.3 is 0 Å². The summed E-state index contributed by atoms with van der Waals surface area (Å²) in [5.74, 6) is -0.753. The molecule has 138 valence electrons. The quantitative estimate of drug-likeness (QED) is 0.588. The number of carbonyl (C=O) groups excluding carboxylic acids is 1. The van der Waals surface area contributed by atoms with E-state index in [0.717, 1.165) is 10.7 Å². The van der Waals surface area contributed by atoms with Crippen LogP contribution in [0.5, 0.6) is 0 Å². The van der Waals surface area contributed by atoms with Crippen LogP contribution in [-0.4, -0.2) is 25.1 Å². The van der Waals surface area contributed by atoms with Crippen LogP contribution in [0.15, 0.2) is 29.1 Å². The molecule has 0 atom stereocenters. The van der Waals surface area contributed by atoms with Gasteiger partial charge in [-0.2, -0.15) is 9.61 Å². The molecule has 1 N–H and O–H groups in total. The molecule has 3 aromatic heterocycles. The Kier molecular flexibility index (Phi) is 4.03. The Balaban J connectivity index is 1.71. The zero-order valence-electron chi connectivity index (χ0n) is 14.9. The van der Waals surface area contributed by atoms with E-state index in [1.807, 2.05) is 0 Å². The summed E-state index contributed by atoms with van der Waals surface area (Å²) >= 11 is 1.33. The van der Waals surface area contributed by atoms with E-state index in [1.54, 1.807) is 43.5 Å². The third-order valence-corrected chi connectivity index (χ3v) is 5.14. The number of carbonyl (C=O) groups is 1. The first-order valence-electron chi connectivity index (χ1n) is 8.26. The summed E-state index contributed by atoms with van der Waals surface area (Å²) < 4.78 is 16.5. The molecule has 1 aromatic carbocycles. The minimum absolute atomic E-state index is 0.0864. The summed E-state index contributed by atoms with van der Waals surface area (Å²) in [6, 6.07) is 6.27. The first-order valence-corrected chi connectivity index (χ1v) is 9.07. The number of aryl methyl sites for hydroxylation is 3. The van der Waals surface area contributed by atoms with E-state index >= 15 is 0 Å². The molecule has 4 aromatic rings. The van der Waals surface area contributed by atoms with Gasteiger partial charge in [-0.25, -0.2) is 9.37 Å². The molecule has 0 aliphatic carbocycles. The molecule has 0 aliphatic rings. The second kappa shape index (κ2) is 6.27. The summed E-state index contributed by atoms with van der Waals surface area (Å²) in [4.78, 5) is 30.3. The molecule has 0 radical (unpaired) electrons. The van der Waals surface area contributed by atoms with Gasteiger partial charge in [0, 0.05) is 11.4 Å². The van der Waals surface area contributed by atoms with Crippen molar-refractivity contribution in [1.82, 2.24) is 19.2 Å². The highest BCUT2D eigenvalue weighted by Crippen LogP contribution is 2.19. The van der Waals surface area contributed by atoms with Crippen molar-refractivity contribution in [2.75, 3.05) is 5.32 Å². The van der Waals surface area contributed by atoms with Crippen LogP contribution in [0, 0.1) is 26.6 Å². The van der Waals surface area contributed by atoms with E-state index < -0.39 is 0 Å². The summed E-state index contributed by atoms with van der Waals surface area (Å²) in [6.07, 6.45) is 0. The fourth-order valence-electron chi connectivity index (χ4n) is 2.97. The monoisotopic (exact) mass is 385 g/mol. The number of halogens is 1. The molecule has 7 nitrogen and oxygen atoms in total. The van der Waals surface area contributed by atoms with Crippen molar-refractivity contribution in [3.05, 3.63) is 56.7 Å². The number of amides is 1. The molecule has 0 bridgehead atoms. The highest BCUT2D eigenvalue weighted by Gasteiger charge is 2.17. The standard InChI is InChI=1S/C18H16FN5O2S/c1-9-4-5-12(7-13(9)19)20-15(25)8-23-10(2)6-14-16(23)17(26)24-18(21-14)27-11(3)22-24/h4-7H,8H2,1-3H3,(H,20,25). The molecule has 0 saturated heterocycles. The fourth-order valence-corrected chi connectivity index (χ4v) is 3.71. The Labute approximate surface area is 157 Å². The molecule has 27 heavy (non-hydrogen) atoms. The van der Waals surface area contributed by atoms with Gasteiger partial charge in [0.2, 0.25) is 10.9 Å². The van der Waals surface area contributed by atoms with Crippen LogP contribution >= 0.6 is 11.3 Å². The first kappa shape index (κ1) is 17.3. The Bertz CT molecular complexity index is 1270. The lowest BCUT2D eigenvalue weighted by atomic mass is 10.2. The highest BCUT2D eigenvalue weighted by molar-refractivity contribution is 7.16. The number of nitrogens with zero attached hydrogens (tertiary/aromatic N) is 4. The average Bonchev–Trinajstić information content (AvgIpc) is 3.11. The zero-order valence-corrected chi connectivity index (χ0v) is 15.7. The smallest absolute Gasteiger partial charge is 0.299 e. The summed E-state index contributed by atoms with van der Waals surface area (Å²) in [5.41, 5.74) is 2.12. The maximum atomic E-state index is 13.7. The zero-order chi connectivity index (χ0) is 19.3. The Morgan fingerprint density at radius 1 is 1.26 bits per heavy atom. The van der Waals surface area contributed by atoms with Crippen LogP contribution in [0.1, 0.15) is 16.3 Å².